The number of carbonyl (C=O) groups excluding carboxylic acids is 1. The number of benzene rings is 1. The van der Waals surface area contributed by atoms with Crippen LogP contribution in [0.3, 0.4) is 0 Å². The summed E-state index contributed by atoms with van der Waals surface area (Å²) in [6, 6.07) is 4.88. The molecule has 0 bridgehead atoms. The van der Waals surface area contributed by atoms with Gasteiger partial charge in [0.1, 0.15) is 5.75 Å². The third kappa shape index (κ3) is 2.67. The summed E-state index contributed by atoms with van der Waals surface area (Å²) in [5, 5.41) is 9.53. The predicted molar refractivity (Wildman–Crippen MR) is 65.1 cm³/mol. The number of hydrogen-bond acceptors (Lipinski definition) is 2. The normalized spacial score (nSPS) is 12.2. The van der Waals surface area contributed by atoms with Gasteiger partial charge < -0.3 is 10.0 Å². The van der Waals surface area contributed by atoms with Crippen LogP contribution in [0.1, 0.15) is 22.8 Å². The van der Waals surface area contributed by atoms with Crippen molar-refractivity contribution in [1.29, 1.82) is 0 Å². The molecule has 3 nitrogen and oxygen atoms in total. The molecule has 0 spiro atoms. The number of phenols is 1. The van der Waals surface area contributed by atoms with E-state index in [-0.39, 0.29) is 17.7 Å². The molecular formula is C12H16ClNO2. The molecule has 4 heteroatoms. The molecule has 0 radical (unpaired) electrons. The Morgan fingerprint density at radius 1 is 1.56 bits per heavy atom. The Balaban J connectivity index is 2.92. The van der Waals surface area contributed by atoms with Gasteiger partial charge in [0.15, 0.2) is 0 Å². The fourth-order valence-corrected chi connectivity index (χ4v) is 1.46. The maximum Gasteiger partial charge on any atom is 0.254 e. The third-order valence-electron chi connectivity index (χ3n) is 2.66. The average Bonchev–Trinajstić information content (AvgIpc) is 2.29. The van der Waals surface area contributed by atoms with Crippen LogP contribution in [0, 0.1) is 6.92 Å². The molecule has 1 N–H and O–H groups in total. The Morgan fingerprint density at radius 3 is 2.69 bits per heavy atom. The van der Waals surface area contributed by atoms with E-state index in [1.165, 1.54) is 6.07 Å². The molecule has 1 aromatic rings. The quantitative estimate of drug-likeness (QED) is 0.826. The average molecular weight is 242 g/mol. The number of hydrogen-bond donors (Lipinski definition) is 1. The Morgan fingerprint density at radius 2 is 2.19 bits per heavy atom. The first-order chi connectivity index (χ1) is 7.47. The molecule has 0 aliphatic rings. The van der Waals surface area contributed by atoms with Gasteiger partial charge in [-0.3, -0.25) is 4.79 Å². The van der Waals surface area contributed by atoms with E-state index in [4.69, 9.17) is 11.6 Å². The summed E-state index contributed by atoms with van der Waals surface area (Å²) in [6.07, 6.45) is 0. The van der Waals surface area contributed by atoms with Gasteiger partial charge in [-0.05, 0) is 31.5 Å². The van der Waals surface area contributed by atoms with Gasteiger partial charge in [-0.1, -0.05) is 6.07 Å². The molecule has 0 saturated heterocycles. The Labute approximate surface area is 101 Å². The van der Waals surface area contributed by atoms with Gasteiger partial charge in [0.05, 0.1) is 0 Å². The number of alkyl halides is 1. The number of phenolic OH excluding ortho intramolecular Hbond substituents is 1. The number of rotatable bonds is 3. The van der Waals surface area contributed by atoms with Crippen molar-refractivity contribution in [3.05, 3.63) is 29.3 Å². The van der Waals surface area contributed by atoms with E-state index in [1.807, 2.05) is 6.92 Å². The lowest BCUT2D eigenvalue weighted by atomic mass is 10.1. The lowest BCUT2D eigenvalue weighted by Gasteiger charge is -2.23. The van der Waals surface area contributed by atoms with Crippen molar-refractivity contribution in [2.24, 2.45) is 0 Å². The molecule has 0 aliphatic heterocycles. The Bertz CT molecular complexity index is 393. The summed E-state index contributed by atoms with van der Waals surface area (Å²) in [5.74, 6) is 0.390. The zero-order chi connectivity index (χ0) is 12.3. The van der Waals surface area contributed by atoms with Crippen molar-refractivity contribution < 1.29 is 9.90 Å². The summed E-state index contributed by atoms with van der Waals surface area (Å²) < 4.78 is 0. The van der Waals surface area contributed by atoms with Crippen molar-refractivity contribution in [2.45, 2.75) is 19.9 Å². The van der Waals surface area contributed by atoms with Crippen LogP contribution in [-0.2, 0) is 0 Å². The lowest BCUT2D eigenvalue weighted by Crippen LogP contribution is -2.36. The standard InChI is InChI=1S/C12H16ClNO2/c1-8-4-5-10(6-11(8)15)12(16)14(3)9(2)7-13/h4-6,9,15H,7H2,1-3H3. The maximum atomic E-state index is 12.0. The van der Waals surface area contributed by atoms with E-state index in [0.717, 1.165) is 5.56 Å². The first-order valence-electron chi connectivity index (χ1n) is 5.10. The minimum Gasteiger partial charge on any atom is -0.508 e. The highest BCUT2D eigenvalue weighted by molar-refractivity contribution is 6.18. The third-order valence-corrected chi connectivity index (χ3v) is 3.11. The van der Waals surface area contributed by atoms with E-state index in [1.54, 1.807) is 31.0 Å². The minimum absolute atomic E-state index is 0.0300. The van der Waals surface area contributed by atoms with Crippen molar-refractivity contribution in [3.8, 4) is 5.75 Å². The van der Waals surface area contributed by atoms with Crippen LogP contribution in [0.5, 0.6) is 5.75 Å². The number of aromatic hydroxyl groups is 1. The predicted octanol–water partition coefficient (Wildman–Crippen LogP) is 2.40. The molecule has 0 fully saturated rings. The molecule has 1 aromatic carbocycles. The largest absolute Gasteiger partial charge is 0.508 e. The molecule has 1 atom stereocenters. The molecule has 0 heterocycles. The van der Waals surface area contributed by atoms with Gasteiger partial charge in [-0.15, -0.1) is 11.6 Å². The van der Waals surface area contributed by atoms with E-state index in [9.17, 15) is 9.90 Å². The fraction of sp³-hybridized carbons (Fsp3) is 0.417. The van der Waals surface area contributed by atoms with Crippen molar-refractivity contribution in [2.75, 3.05) is 12.9 Å². The SMILES string of the molecule is Cc1ccc(C(=O)N(C)C(C)CCl)cc1O. The molecule has 0 aromatic heterocycles. The molecular weight excluding hydrogens is 226 g/mol. The molecule has 1 rings (SSSR count). The summed E-state index contributed by atoms with van der Waals surface area (Å²) in [4.78, 5) is 13.5. The van der Waals surface area contributed by atoms with E-state index in [0.29, 0.717) is 11.4 Å². The lowest BCUT2D eigenvalue weighted by molar-refractivity contribution is 0.0756. The number of nitrogens with zero attached hydrogens (tertiary/aromatic N) is 1. The highest BCUT2D eigenvalue weighted by atomic mass is 35.5. The minimum atomic E-state index is -0.136. The summed E-state index contributed by atoms with van der Waals surface area (Å²) >= 11 is 5.69. The van der Waals surface area contributed by atoms with E-state index in [2.05, 4.69) is 0 Å². The highest BCUT2D eigenvalue weighted by Crippen LogP contribution is 2.18. The number of halogens is 1. The van der Waals surface area contributed by atoms with Crippen LogP contribution >= 0.6 is 11.6 Å². The number of amides is 1. The Kier molecular flexibility index (Phi) is 4.19. The first kappa shape index (κ1) is 12.8. The zero-order valence-corrected chi connectivity index (χ0v) is 10.5. The molecule has 16 heavy (non-hydrogen) atoms. The van der Waals surface area contributed by atoms with Gasteiger partial charge >= 0.3 is 0 Å². The summed E-state index contributed by atoms with van der Waals surface area (Å²) in [6.45, 7) is 3.66. The monoisotopic (exact) mass is 241 g/mol. The van der Waals surface area contributed by atoms with Gasteiger partial charge in [-0.25, -0.2) is 0 Å². The van der Waals surface area contributed by atoms with Gasteiger partial charge in [0.25, 0.3) is 5.91 Å². The van der Waals surface area contributed by atoms with Crippen molar-refractivity contribution >= 4 is 17.5 Å². The Hall–Kier alpha value is -1.22. The number of carbonyl (C=O) groups is 1. The van der Waals surface area contributed by atoms with Gasteiger partial charge in [0.2, 0.25) is 0 Å². The fourth-order valence-electron chi connectivity index (χ4n) is 1.25. The highest BCUT2D eigenvalue weighted by Gasteiger charge is 2.17. The van der Waals surface area contributed by atoms with Gasteiger partial charge in [-0.2, -0.15) is 0 Å². The number of aryl methyl sites for hydroxylation is 1. The zero-order valence-electron chi connectivity index (χ0n) is 9.70. The van der Waals surface area contributed by atoms with Crippen LogP contribution in [0.25, 0.3) is 0 Å². The molecule has 1 amide bonds. The summed E-state index contributed by atoms with van der Waals surface area (Å²) in [7, 11) is 1.70. The first-order valence-corrected chi connectivity index (χ1v) is 5.63. The van der Waals surface area contributed by atoms with Crippen molar-refractivity contribution in [1.82, 2.24) is 4.90 Å². The van der Waals surface area contributed by atoms with Crippen LogP contribution in [-0.4, -0.2) is 34.9 Å². The second-order valence-corrected chi connectivity index (χ2v) is 4.23. The van der Waals surface area contributed by atoms with E-state index < -0.39 is 0 Å². The second-order valence-electron chi connectivity index (χ2n) is 3.92. The second kappa shape index (κ2) is 5.21. The topological polar surface area (TPSA) is 40.5 Å². The van der Waals surface area contributed by atoms with Crippen LogP contribution in [0.15, 0.2) is 18.2 Å². The molecule has 1 unspecified atom stereocenters. The van der Waals surface area contributed by atoms with Crippen molar-refractivity contribution in [3.63, 3.8) is 0 Å². The van der Waals surface area contributed by atoms with Gasteiger partial charge in [0, 0.05) is 24.5 Å². The van der Waals surface area contributed by atoms with Crippen LogP contribution in [0.4, 0.5) is 0 Å². The maximum absolute atomic E-state index is 12.0. The van der Waals surface area contributed by atoms with E-state index >= 15 is 0 Å². The van der Waals surface area contributed by atoms with Crippen LogP contribution in [0.2, 0.25) is 0 Å². The summed E-state index contributed by atoms with van der Waals surface area (Å²) in [5.41, 5.74) is 1.23. The van der Waals surface area contributed by atoms with Crippen LogP contribution < -0.4 is 0 Å². The smallest absolute Gasteiger partial charge is 0.254 e. The molecule has 0 aliphatic carbocycles. The molecule has 88 valence electrons. The molecule has 0 saturated carbocycles.